The fourth-order valence-electron chi connectivity index (χ4n) is 1.94. The number of benzene rings is 1. The highest BCUT2D eigenvalue weighted by Crippen LogP contribution is 2.26. The van der Waals surface area contributed by atoms with Crippen LogP contribution >= 0.6 is 15.9 Å². The first-order chi connectivity index (χ1) is 7.40. The smallest absolute Gasteiger partial charge is 0.0159 e. The molecule has 0 aromatic heterocycles. The standard InChI is InChI=1S/C13H18BrN/c14-9-11-15(13-6-7-13)10-8-12-4-2-1-3-5-12/h1-5,13H,6-11H2. The summed E-state index contributed by atoms with van der Waals surface area (Å²) in [5.74, 6) is 0. The van der Waals surface area contributed by atoms with E-state index in [0.29, 0.717) is 0 Å². The number of alkyl halides is 1. The maximum Gasteiger partial charge on any atom is 0.0159 e. The topological polar surface area (TPSA) is 3.24 Å². The normalized spacial score (nSPS) is 15.9. The number of halogens is 1. The van der Waals surface area contributed by atoms with Gasteiger partial charge >= 0.3 is 0 Å². The van der Waals surface area contributed by atoms with Crippen molar-refractivity contribution in [1.82, 2.24) is 4.90 Å². The zero-order chi connectivity index (χ0) is 10.5. The minimum Gasteiger partial charge on any atom is -0.299 e. The van der Waals surface area contributed by atoms with E-state index in [1.165, 1.54) is 37.9 Å². The Bertz CT molecular complexity index is 282. The van der Waals surface area contributed by atoms with E-state index in [0.717, 1.165) is 11.4 Å². The zero-order valence-electron chi connectivity index (χ0n) is 9.03. The zero-order valence-corrected chi connectivity index (χ0v) is 10.6. The quantitative estimate of drug-likeness (QED) is 0.717. The van der Waals surface area contributed by atoms with Crippen LogP contribution in [0.5, 0.6) is 0 Å². The fraction of sp³-hybridized carbons (Fsp3) is 0.538. The molecular formula is C13H18BrN. The van der Waals surface area contributed by atoms with Gasteiger partial charge in [0.05, 0.1) is 0 Å². The molecule has 0 aliphatic heterocycles. The van der Waals surface area contributed by atoms with E-state index in [4.69, 9.17) is 0 Å². The summed E-state index contributed by atoms with van der Waals surface area (Å²) in [5.41, 5.74) is 1.46. The van der Waals surface area contributed by atoms with Gasteiger partial charge in [-0.25, -0.2) is 0 Å². The predicted molar refractivity (Wildman–Crippen MR) is 68.5 cm³/mol. The van der Waals surface area contributed by atoms with Crippen molar-refractivity contribution >= 4 is 15.9 Å². The Morgan fingerprint density at radius 3 is 2.47 bits per heavy atom. The summed E-state index contributed by atoms with van der Waals surface area (Å²) < 4.78 is 0. The Morgan fingerprint density at radius 1 is 1.13 bits per heavy atom. The molecule has 1 fully saturated rings. The molecule has 0 N–H and O–H groups in total. The number of nitrogens with zero attached hydrogens (tertiary/aromatic N) is 1. The molecule has 0 unspecified atom stereocenters. The minimum absolute atomic E-state index is 0.881. The second-order valence-corrected chi connectivity index (χ2v) is 4.98. The number of hydrogen-bond donors (Lipinski definition) is 0. The van der Waals surface area contributed by atoms with E-state index >= 15 is 0 Å². The highest BCUT2D eigenvalue weighted by atomic mass is 79.9. The van der Waals surface area contributed by atoms with Crippen molar-refractivity contribution in [2.24, 2.45) is 0 Å². The maximum atomic E-state index is 3.53. The molecule has 0 spiro atoms. The summed E-state index contributed by atoms with van der Waals surface area (Å²) in [5, 5.41) is 1.10. The third kappa shape index (κ3) is 3.62. The molecule has 1 nitrogen and oxygen atoms in total. The lowest BCUT2D eigenvalue weighted by Crippen LogP contribution is -2.30. The van der Waals surface area contributed by atoms with Crippen molar-refractivity contribution in [3.8, 4) is 0 Å². The SMILES string of the molecule is BrCCN(CCc1ccccc1)C1CC1. The highest BCUT2D eigenvalue weighted by molar-refractivity contribution is 9.09. The molecule has 2 heteroatoms. The lowest BCUT2D eigenvalue weighted by molar-refractivity contribution is 0.284. The molecule has 1 aliphatic carbocycles. The van der Waals surface area contributed by atoms with Gasteiger partial charge < -0.3 is 0 Å². The highest BCUT2D eigenvalue weighted by Gasteiger charge is 2.27. The third-order valence-corrected chi connectivity index (χ3v) is 3.32. The molecule has 15 heavy (non-hydrogen) atoms. The molecule has 0 radical (unpaired) electrons. The van der Waals surface area contributed by atoms with Gasteiger partial charge in [-0.2, -0.15) is 0 Å². The Morgan fingerprint density at radius 2 is 1.87 bits per heavy atom. The van der Waals surface area contributed by atoms with Crippen LogP contribution in [0.1, 0.15) is 18.4 Å². The van der Waals surface area contributed by atoms with Crippen molar-refractivity contribution in [1.29, 1.82) is 0 Å². The summed E-state index contributed by atoms with van der Waals surface area (Å²) in [6, 6.07) is 11.7. The molecule has 0 atom stereocenters. The molecule has 1 saturated carbocycles. The van der Waals surface area contributed by atoms with E-state index in [-0.39, 0.29) is 0 Å². The van der Waals surface area contributed by atoms with Gasteiger partial charge in [-0.15, -0.1) is 0 Å². The van der Waals surface area contributed by atoms with Crippen molar-refractivity contribution in [2.75, 3.05) is 18.4 Å². The van der Waals surface area contributed by atoms with Crippen LogP contribution in [0.15, 0.2) is 30.3 Å². The van der Waals surface area contributed by atoms with Gasteiger partial charge in [-0.05, 0) is 24.8 Å². The monoisotopic (exact) mass is 267 g/mol. The predicted octanol–water partition coefficient (Wildman–Crippen LogP) is 3.09. The van der Waals surface area contributed by atoms with Gasteiger partial charge in [0.15, 0.2) is 0 Å². The van der Waals surface area contributed by atoms with Gasteiger partial charge in [-0.1, -0.05) is 46.3 Å². The first-order valence-corrected chi connectivity index (χ1v) is 6.86. The molecule has 0 saturated heterocycles. The van der Waals surface area contributed by atoms with Crippen molar-refractivity contribution in [3.63, 3.8) is 0 Å². The van der Waals surface area contributed by atoms with Crippen LogP contribution in [0.25, 0.3) is 0 Å². The molecule has 82 valence electrons. The third-order valence-electron chi connectivity index (χ3n) is 2.97. The van der Waals surface area contributed by atoms with Crippen LogP contribution in [0.4, 0.5) is 0 Å². The number of rotatable bonds is 6. The lowest BCUT2D eigenvalue weighted by atomic mass is 10.1. The second-order valence-electron chi connectivity index (χ2n) is 4.19. The summed E-state index contributed by atoms with van der Waals surface area (Å²) >= 11 is 3.53. The van der Waals surface area contributed by atoms with E-state index < -0.39 is 0 Å². The van der Waals surface area contributed by atoms with Crippen molar-refractivity contribution in [2.45, 2.75) is 25.3 Å². The van der Waals surface area contributed by atoms with E-state index in [1.807, 2.05) is 0 Å². The van der Waals surface area contributed by atoms with Gasteiger partial charge in [0.2, 0.25) is 0 Å². The van der Waals surface area contributed by atoms with E-state index in [1.54, 1.807) is 0 Å². The first kappa shape index (κ1) is 11.2. The Kier molecular flexibility index (Phi) is 4.21. The summed E-state index contributed by atoms with van der Waals surface area (Å²) in [4.78, 5) is 2.61. The fourth-order valence-corrected chi connectivity index (χ4v) is 2.40. The van der Waals surface area contributed by atoms with Gasteiger partial charge in [0.25, 0.3) is 0 Å². The average Bonchev–Trinajstić information content (AvgIpc) is 3.09. The van der Waals surface area contributed by atoms with Gasteiger partial charge in [-0.3, -0.25) is 4.90 Å². The van der Waals surface area contributed by atoms with Crippen LogP contribution in [-0.4, -0.2) is 29.4 Å². The molecular weight excluding hydrogens is 250 g/mol. The van der Waals surface area contributed by atoms with E-state index in [9.17, 15) is 0 Å². The van der Waals surface area contributed by atoms with Crippen molar-refractivity contribution in [3.05, 3.63) is 35.9 Å². The maximum absolute atomic E-state index is 3.53. The molecule has 0 heterocycles. The van der Waals surface area contributed by atoms with Gasteiger partial charge in [0, 0.05) is 24.5 Å². The Balaban J connectivity index is 1.80. The number of hydrogen-bond acceptors (Lipinski definition) is 1. The molecule has 0 amide bonds. The molecule has 2 rings (SSSR count). The first-order valence-electron chi connectivity index (χ1n) is 5.74. The Labute approximate surface area is 101 Å². The van der Waals surface area contributed by atoms with Gasteiger partial charge in [0.1, 0.15) is 0 Å². The van der Waals surface area contributed by atoms with Crippen LogP contribution in [0, 0.1) is 0 Å². The van der Waals surface area contributed by atoms with Crippen LogP contribution in [0.3, 0.4) is 0 Å². The Hall–Kier alpha value is -0.340. The molecule has 1 aromatic rings. The molecule has 0 bridgehead atoms. The minimum atomic E-state index is 0.881. The second kappa shape index (κ2) is 5.66. The lowest BCUT2D eigenvalue weighted by Gasteiger charge is -2.20. The molecule has 1 aromatic carbocycles. The van der Waals surface area contributed by atoms with Crippen LogP contribution < -0.4 is 0 Å². The largest absolute Gasteiger partial charge is 0.299 e. The van der Waals surface area contributed by atoms with E-state index in [2.05, 4.69) is 51.2 Å². The summed E-state index contributed by atoms with van der Waals surface area (Å²) in [6.45, 7) is 2.40. The average molecular weight is 268 g/mol. The molecule has 1 aliphatic rings. The van der Waals surface area contributed by atoms with Crippen LogP contribution in [-0.2, 0) is 6.42 Å². The van der Waals surface area contributed by atoms with Crippen molar-refractivity contribution < 1.29 is 0 Å². The summed E-state index contributed by atoms with van der Waals surface area (Å²) in [7, 11) is 0. The van der Waals surface area contributed by atoms with Crippen LogP contribution in [0.2, 0.25) is 0 Å². The summed E-state index contributed by atoms with van der Waals surface area (Å²) in [6.07, 6.45) is 3.99.